The van der Waals surface area contributed by atoms with Gasteiger partial charge >= 0.3 is 0 Å². The highest BCUT2D eigenvalue weighted by molar-refractivity contribution is 7.99. The van der Waals surface area contributed by atoms with Crippen molar-refractivity contribution in [1.82, 2.24) is 14.8 Å². The van der Waals surface area contributed by atoms with E-state index in [1.807, 2.05) is 66.1 Å². The number of ether oxygens (including phenoxy) is 1. The smallest absolute Gasteiger partial charge is 0.234 e. The zero-order valence-corrected chi connectivity index (χ0v) is 19.9. The number of amides is 1. The van der Waals surface area contributed by atoms with Crippen molar-refractivity contribution in [3.05, 3.63) is 95.0 Å². The fraction of sp³-hybridized carbons (Fsp3) is 0.160. The predicted molar refractivity (Wildman–Crippen MR) is 133 cm³/mol. The second-order valence-corrected chi connectivity index (χ2v) is 8.63. The Morgan fingerprint density at radius 3 is 2.56 bits per heavy atom. The quantitative estimate of drug-likeness (QED) is 0.297. The van der Waals surface area contributed by atoms with Gasteiger partial charge in [0.1, 0.15) is 17.4 Å². The Bertz CT molecular complexity index is 1270. The molecule has 0 saturated heterocycles. The van der Waals surface area contributed by atoms with Crippen LogP contribution in [0.3, 0.4) is 0 Å². The molecule has 6 nitrogen and oxygen atoms in total. The van der Waals surface area contributed by atoms with Crippen LogP contribution in [0.4, 0.5) is 10.1 Å². The van der Waals surface area contributed by atoms with Crippen LogP contribution in [0.2, 0.25) is 5.02 Å². The van der Waals surface area contributed by atoms with Crippen molar-refractivity contribution in [3.63, 3.8) is 0 Å². The Morgan fingerprint density at radius 1 is 1.09 bits per heavy atom. The first-order chi connectivity index (χ1) is 16.5. The van der Waals surface area contributed by atoms with Gasteiger partial charge in [-0.2, -0.15) is 0 Å². The molecule has 0 atom stereocenters. The minimum Gasteiger partial charge on any atom is -0.494 e. The Morgan fingerprint density at radius 2 is 1.85 bits per heavy atom. The summed E-state index contributed by atoms with van der Waals surface area (Å²) < 4.78 is 20.7. The fourth-order valence-electron chi connectivity index (χ4n) is 3.31. The standard InChI is InChI=1S/C25H22ClFN4O2S/c1-2-33-20-11-9-19(10-12-20)31-23(14-17-6-4-3-5-7-17)29-30-25(31)34-16-24(32)28-22-13-8-18(27)15-21(22)26/h3-13,15H,2,14,16H2,1H3,(H,28,32). The number of hydrogen-bond donors (Lipinski definition) is 1. The molecule has 0 unspecified atom stereocenters. The lowest BCUT2D eigenvalue weighted by Crippen LogP contribution is -2.15. The van der Waals surface area contributed by atoms with Crippen LogP contribution in [0.25, 0.3) is 5.69 Å². The minimum atomic E-state index is -0.466. The molecule has 9 heteroatoms. The van der Waals surface area contributed by atoms with Crippen LogP contribution in [0.1, 0.15) is 18.3 Å². The Balaban J connectivity index is 1.55. The van der Waals surface area contributed by atoms with Gasteiger partial charge in [0.25, 0.3) is 0 Å². The van der Waals surface area contributed by atoms with Crippen molar-refractivity contribution >= 4 is 35.0 Å². The van der Waals surface area contributed by atoms with E-state index in [0.29, 0.717) is 23.9 Å². The molecule has 0 aliphatic heterocycles. The zero-order valence-electron chi connectivity index (χ0n) is 18.4. The molecule has 4 aromatic rings. The normalized spacial score (nSPS) is 10.8. The van der Waals surface area contributed by atoms with Gasteiger partial charge in [-0.3, -0.25) is 9.36 Å². The summed E-state index contributed by atoms with van der Waals surface area (Å²) in [6.45, 7) is 2.52. The highest BCUT2D eigenvalue weighted by Gasteiger charge is 2.17. The van der Waals surface area contributed by atoms with Crippen LogP contribution in [0.5, 0.6) is 5.75 Å². The molecule has 3 aromatic carbocycles. The van der Waals surface area contributed by atoms with Crippen molar-refractivity contribution in [2.24, 2.45) is 0 Å². The van der Waals surface area contributed by atoms with E-state index < -0.39 is 5.82 Å². The average molecular weight is 497 g/mol. The summed E-state index contributed by atoms with van der Waals surface area (Å²) in [5.74, 6) is 0.846. The molecule has 0 radical (unpaired) electrons. The summed E-state index contributed by atoms with van der Waals surface area (Å²) in [5.41, 5.74) is 2.32. The van der Waals surface area contributed by atoms with Gasteiger partial charge in [-0.05, 0) is 55.0 Å². The highest BCUT2D eigenvalue weighted by Crippen LogP contribution is 2.26. The van der Waals surface area contributed by atoms with Gasteiger partial charge < -0.3 is 10.1 Å². The molecule has 174 valence electrons. The van der Waals surface area contributed by atoms with E-state index in [1.54, 1.807) is 0 Å². The number of rotatable bonds is 9. The number of hydrogen-bond acceptors (Lipinski definition) is 5. The van der Waals surface area contributed by atoms with Gasteiger partial charge in [0.15, 0.2) is 5.16 Å². The molecule has 1 aromatic heterocycles. The molecular formula is C25H22ClFN4O2S. The number of nitrogens with one attached hydrogen (secondary N) is 1. The molecule has 0 spiro atoms. The molecule has 0 aliphatic carbocycles. The molecule has 0 fully saturated rings. The SMILES string of the molecule is CCOc1ccc(-n2c(Cc3ccccc3)nnc2SCC(=O)Nc2ccc(F)cc2Cl)cc1. The van der Waals surface area contributed by atoms with Crippen molar-refractivity contribution in [1.29, 1.82) is 0 Å². The Kier molecular flexibility index (Phi) is 7.82. The summed E-state index contributed by atoms with van der Waals surface area (Å²) in [4.78, 5) is 12.5. The maximum atomic E-state index is 13.3. The summed E-state index contributed by atoms with van der Waals surface area (Å²) >= 11 is 7.27. The van der Waals surface area contributed by atoms with Gasteiger partial charge in [-0.25, -0.2) is 4.39 Å². The molecule has 1 heterocycles. The molecule has 1 N–H and O–H groups in total. The minimum absolute atomic E-state index is 0.0776. The van der Waals surface area contributed by atoms with Gasteiger partial charge in [0.05, 0.1) is 23.1 Å². The summed E-state index contributed by atoms with van der Waals surface area (Å²) in [6.07, 6.45) is 0.582. The second-order valence-electron chi connectivity index (χ2n) is 7.28. The topological polar surface area (TPSA) is 69.0 Å². The summed E-state index contributed by atoms with van der Waals surface area (Å²) in [6, 6.07) is 21.5. The van der Waals surface area contributed by atoms with Crippen LogP contribution in [0.15, 0.2) is 78.0 Å². The zero-order chi connectivity index (χ0) is 23.9. The lowest BCUT2D eigenvalue weighted by molar-refractivity contribution is -0.113. The van der Waals surface area contributed by atoms with Crippen molar-refractivity contribution in [2.45, 2.75) is 18.5 Å². The van der Waals surface area contributed by atoms with Crippen molar-refractivity contribution in [2.75, 3.05) is 17.7 Å². The maximum Gasteiger partial charge on any atom is 0.234 e. The third-order valence-corrected chi connectivity index (χ3v) is 6.09. The molecule has 0 saturated carbocycles. The highest BCUT2D eigenvalue weighted by atomic mass is 35.5. The van der Waals surface area contributed by atoms with Gasteiger partial charge in [0, 0.05) is 12.1 Å². The van der Waals surface area contributed by atoms with E-state index in [9.17, 15) is 9.18 Å². The largest absolute Gasteiger partial charge is 0.494 e. The van der Waals surface area contributed by atoms with E-state index in [-0.39, 0.29) is 16.7 Å². The summed E-state index contributed by atoms with van der Waals surface area (Å²) in [7, 11) is 0. The van der Waals surface area contributed by atoms with E-state index in [0.717, 1.165) is 28.9 Å². The van der Waals surface area contributed by atoms with Crippen LogP contribution in [0, 0.1) is 5.82 Å². The molecule has 34 heavy (non-hydrogen) atoms. The van der Waals surface area contributed by atoms with E-state index in [2.05, 4.69) is 15.5 Å². The first-order valence-electron chi connectivity index (χ1n) is 10.6. The lowest BCUT2D eigenvalue weighted by atomic mass is 10.1. The van der Waals surface area contributed by atoms with E-state index in [1.165, 1.54) is 23.9 Å². The summed E-state index contributed by atoms with van der Waals surface area (Å²) in [5, 5.41) is 12.2. The van der Waals surface area contributed by atoms with Gasteiger partial charge in [-0.1, -0.05) is 53.7 Å². The molecule has 4 rings (SSSR count). The molecule has 1 amide bonds. The molecule has 0 aliphatic rings. The van der Waals surface area contributed by atoms with E-state index >= 15 is 0 Å². The number of carbonyl (C=O) groups is 1. The van der Waals surface area contributed by atoms with Crippen LogP contribution >= 0.6 is 23.4 Å². The van der Waals surface area contributed by atoms with Gasteiger partial charge in [-0.15, -0.1) is 10.2 Å². The van der Waals surface area contributed by atoms with Crippen molar-refractivity contribution in [3.8, 4) is 11.4 Å². The van der Waals surface area contributed by atoms with E-state index in [4.69, 9.17) is 16.3 Å². The van der Waals surface area contributed by atoms with Crippen LogP contribution in [-0.2, 0) is 11.2 Å². The predicted octanol–water partition coefficient (Wildman–Crippen LogP) is 5.78. The number of thioether (sulfide) groups is 1. The molecular weight excluding hydrogens is 475 g/mol. The Labute approximate surface area is 206 Å². The van der Waals surface area contributed by atoms with Crippen LogP contribution < -0.4 is 10.1 Å². The third-order valence-electron chi connectivity index (χ3n) is 4.85. The number of anilines is 1. The second kappa shape index (κ2) is 11.2. The fourth-order valence-corrected chi connectivity index (χ4v) is 4.30. The average Bonchev–Trinajstić information content (AvgIpc) is 3.23. The number of aromatic nitrogens is 3. The first kappa shape index (κ1) is 23.8. The maximum absolute atomic E-state index is 13.3. The Hall–Kier alpha value is -3.36. The third kappa shape index (κ3) is 5.95. The number of benzene rings is 3. The van der Waals surface area contributed by atoms with Crippen LogP contribution in [-0.4, -0.2) is 33.0 Å². The van der Waals surface area contributed by atoms with Gasteiger partial charge in [0.2, 0.25) is 5.91 Å². The number of carbonyl (C=O) groups excluding carboxylic acids is 1. The number of nitrogens with zero attached hydrogens (tertiary/aromatic N) is 3. The first-order valence-corrected chi connectivity index (χ1v) is 12.0. The van der Waals surface area contributed by atoms with Crippen molar-refractivity contribution < 1.29 is 13.9 Å². The lowest BCUT2D eigenvalue weighted by Gasteiger charge is -2.12. The molecule has 0 bridgehead atoms. The monoisotopic (exact) mass is 496 g/mol. The number of halogens is 2.